The van der Waals surface area contributed by atoms with Gasteiger partial charge >= 0.3 is 5.97 Å². The Morgan fingerprint density at radius 2 is 1.95 bits per heavy atom. The molecule has 0 saturated heterocycles. The molecule has 19 heavy (non-hydrogen) atoms. The van der Waals surface area contributed by atoms with Crippen LogP contribution in [-0.2, 0) is 0 Å². The van der Waals surface area contributed by atoms with Crippen molar-refractivity contribution in [3.63, 3.8) is 0 Å². The van der Waals surface area contributed by atoms with Gasteiger partial charge in [0.1, 0.15) is 5.52 Å². The zero-order valence-electron chi connectivity index (χ0n) is 9.62. The van der Waals surface area contributed by atoms with Crippen LogP contribution in [0.3, 0.4) is 0 Å². The normalized spacial score (nSPS) is 10.8. The first kappa shape index (κ1) is 11.9. The van der Waals surface area contributed by atoms with E-state index in [2.05, 4.69) is 26.2 Å². The molecule has 1 aromatic heterocycles. The lowest BCUT2D eigenvalue weighted by Crippen LogP contribution is -2.07. The summed E-state index contributed by atoms with van der Waals surface area (Å²) in [6.07, 6.45) is 0. The molecule has 1 heterocycles. The maximum atomic E-state index is 11.4. The number of aromatic nitrogens is 3. The fraction of sp³-hybridized carbons (Fsp3) is 0. The maximum Gasteiger partial charge on any atom is 0.339 e. The van der Waals surface area contributed by atoms with Crippen molar-refractivity contribution in [3.05, 3.63) is 52.5 Å². The van der Waals surface area contributed by atoms with E-state index in [0.717, 1.165) is 11.0 Å². The van der Waals surface area contributed by atoms with Gasteiger partial charge in [0, 0.05) is 4.47 Å². The summed E-state index contributed by atoms with van der Waals surface area (Å²) in [4.78, 5) is 11.4. The van der Waals surface area contributed by atoms with Crippen molar-refractivity contribution in [3.8, 4) is 5.69 Å². The first-order valence-corrected chi connectivity index (χ1v) is 6.30. The molecule has 0 saturated carbocycles. The lowest BCUT2D eigenvalue weighted by atomic mass is 10.1. The molecule has 0 radical (unpaired) electrons. The minimum absolute atomic E-state index is 0.165. The number of hydrogen-bond donors (Lipinski definition) is 1. The fourth-order valence-electron chi connectivity index (χ4n) is 1.95. The lowest BCUT2D eigenvalue weighted by molar-refractivity contribution is 0.0696. The molecule has 94 valence electrons. The van der Waals surface area contributed by atoms with Gasteiger partial charge in [-0.2, -0.15) is 0 Å². The Balaban J connectivity index is 2.33. The fourth-order valence-corrected chi connectivity index (χ4v) is 2.47. The zero-order valence-corrected chi connectivity index (χ0v) is 11.2. The van der Waals surface area contributed by atoms with Gasteiger partial charge in [0.15, 0.2) is 0 Å². The first-order valence-electron chi connectivity index (χ1n) is 5.51. The third-order valence-electron chi connectivity index (χ3n) is 2.79. The maximum absolute atomic E-state index is 11.4. The van der Waals surface area contributed by atoms with E-state index in [4.69, 9.17) is 0 Å². The van der Waals surface area contributed by atoms with Gasteiger partial charge in [-0.25, -0.2) is 9.48 Å². The molecule has 6 heteroatoms. The van der Waals surface area contributed by atoms with Crippen molar-refractivity contribution in [2.45, 2.75) is 0 Å². The van der Waals surface area contributed by atoms with Crippen molar-refractivity contribution in [1.82, 2.24) is 15.0 Å². The summed E-state index contributed by atoms with van der Waals surface area (Å²) < 4.78 is 2.04. The lowest BCUT2D eigenvalue weighted by Gasteiger charge is -2.08. The van der Waals surface area contributed by atoms with E-state index < -0.39 is 5.97 Å². The molecule has 0 amide bonds. The third kappa shape index (κ3) is 1.90. The summed E-state index contributed by atoms with van der Waals surface area (Å²) in [5.41, 5.74) is 2.13. The standard InChI is InChI=1S/C13H8BrN3O2/c14-8-4-3-7-11(12(8)13(18)19)17-10-6-2-1-5-9(10)15-16-17/h1-7H,(H,18,19). The number of halogens is 1. The molecule has 0 aliphatic heterocycles. The highest BCUT2D eigenvalue weighted by atomic mass is 79.9. The van der Waals surface area contributed by atoms with Crippen LogP contribution in [0, 0.1) is 0 Å². The highest BCUT2D eigenvalue weighted by Gasteiger charge is 2.17. The minimum Gasteiger partial charge on any atom is -0.478 e. The Labute approximate surface area is 116 Å². The highest BCUT2D eigenvalue weighted by molar-refractivity contribution is 9.10. The minimum atomic E-state index is -1.01. The summed E-state index contributed by atoms with van der Waals surface area (Å²) >= 11 is 3.25. The number of rotatable bonds is 2. The Bertz CT molecular complexity index is 782. The molecular formula is C13H8BrN3O2. The van der Waals surface area contributed by atoms with Crippen LogP contribution in [-0.4, -0.2) is 26.1 Å². The number of carbonyl (C=O) groups is 1. The first-order chi connectivity index (χ1) is 9.18. The zero-order chi connectivity index (χ0) is 13.4. The number of fused-ring (bicyclic) bond motifs is 1. The van der Waals surface area contributed by atoms with Gasteiger partial charge in [-0.05, 0) is 40.2 Å². The van der Waals surface area contributed by atoms with Crippen LogP contribution in [0.4, 0.5) is 0 Å². The van der Waals surface area contributed by atoms with Crippen LogP contribution >= 0.6 is 15.9 Å². The molecule has 2 aromatic carbocycles. The Hall–Kier alpha value is -2.21. The Morgan fingerprint density at radius 1 is 1.16 bits per heavy atom. The van der Waals surface area contributed by atoms with E-state index in [9.17, 15) is 9.90 Å². The van der Waals surface area contributed by atoms with E-state index in [-0.39, 0.29) is 5.56 Å². The highest BCUT2D eigenvalue weighted by Crippen LogP contribution is 2.25. The molecule has 0 bridgehead atoms. The summed E-state index contributed by atoms with van der Waals surface area (Å²) in [6, 6.07) is 12.6. The second-order valence-corrected chi connectivity index (χ2v) is 4.78. The molecule has 0 spiro atoms. The topological polar surface area (TPSA) is 68.0 Å². The Kier molecular flexibility index (Phi) is 2.79. The van der Waals surface area contributed by atoms with Gasteiger partial charge in [-0.15, -0.1) is 5.10 Å². The Morgan fingerprint density at radius 3 is 2.74 bits per heavy atom. The molecule has 0 fully saturated rings. The van der Waals surface area contributed by atoms with Crippen molar-refractivity contribution >= 4 is 32.9 Å². The van der Waals surface area contributed by atoms with Crippen molar-refractivity contribution in [1.29, 1.82) is 0 Å². The summed E-state index contributed by atoms with van der Waals surface area (Å²) in [5.74, 6) is -1.01. The van der Waals surface area contributed by atoms with Gasteiger partial charge in [0.2, 0.25) is 0 Å². The van der Waals surface area contributed by atoms with Crippen LogP contribution in [0.25, 0.3) is 16.7 Å². The van der Waals surface area contributed by atoms with Crippen molar-refractivity contribution < 1.29 is 9.90 Å². The summed E-state index contributed by atoms with van der Waals surface area (Å²) in [6.45, 7) is 0. The van der Waals surface area contributed by atoms with Crippen LogP contribution in [0.5, 0.6) is 0 Å². The van der Waals surface area contributed by atoms with Gasteiger partial charge in [-0.3, -0.25) is 0 Å². The monoisotopic (exact) mass is 317 g/mol. The largest absolute Gasteiger partial charge is 0.478 e. The van der Waals surface area contributed by atoms with Gasteiger partial charge in [0.05, 0.1) is 16.8 Å². The number of aromatic carboxylic acids is 1. The second kappa shape index (κ2) is 4.47. The van der Waals surface area contributed by atoms with E-state index in [1.807, 2.05) is 24.3 Å². The van der Waals surface area contributed by atoms with Crippen LogP contribution in [0.1, 0.15) is 10.4 Å². The van der Waals surface area contributed by atoms with E-state index in [1.54, 1.807) is 18.2 Å². The van der Waals surface area contributed by atoms with Gasteiger partial charge in [0.25, 0.3) is 0 Å². The number of carboxylic acids is 1. The quantitative estimate of drug-likeness (QED) is 0.789. The number of carboxylic acid groups (broad SMARTS) is 1. The number of para-hydroxylation sites is 1. The smallest absolute Gasteiger partial charge is 0.339 e. The van der Waals surface area contributed by atoms with Crippen LogP contribution < -0.4 is 0 Å². The van der Waals surface area contributed by atoms with Crippen LogP contribution in [0.2, 0.25) is 0 Å². The van der Waals surface area contributed by atoms with E-state index in [0.29, 0.717) is 10.2 Å². The molecular weight excluding hydrogens is 310 g/mol. The molecule has 0 atom stereocenters. The average molecular weight is 318 g/mol. The average Bonchev–Trinajstić information content (AvgIpc) is 2.81. The van der Waals surface area contributed by atoms with Gasteiger partial charge < -0.3 is 5.11 Å². The molecule has 1 N–H and O–H groups in total. The molecule has 0 aliphatic carbocycles. The molecule has 3 rings (SSSR count). The van der Waals surface area contributed by atoms with Gasteiger partial charge in [-0.1, -0.05) is 23.4 Å². The van der Waals surface area contributed by atoms with Crippen molar-refractivity contribution in [2.24, 2.45) is 0 Å². The summed E-state index contributed by atoms with van der Waals surface area (Å²) in [7, 11) is 0. The molecule has 0 unspecified atom stereocenters. The van der Waals surface area contributed by atoms with E-state index >= 15 is 0 Å². The number of benzene rings is 2. The van der Waals surface area contributed by atoms with Crippen LogP contribution in [0.15, 0.2) is 46.9 Å². The summed E-state index contributed by atoms with van der Waals surface area (Å²) in [5, 5.41) is 17.4. The number of hydrogen-bond acceptors (Lipinski definition) is 3. The molecule has 5 nitrogen and oxygen atoms in total. The van der Waals surface area contributed by atoms with Crippen molar-refractivity contribution in [2.75, 3.05) is 0 Å². The van der Waals surface area contributed by atoms with E-state index in [1.165, 1.54) is 4.68 Å². The predicted molar refractivity (Wildman–Crippen MR) is 73.5 cm³/mol. The second-order valence-electron chi connectivity index (χ2n) is 3.93. The molecule has 0 aliphatic rings. The molecule has 3 aromatic rings. The SMILES string of the molecule is O=C(O)c1c(Br)cccc1-n1nnc2ccccc21. The number of nitrogens with zero attached hydrogens (tertiary/aromatic N) is 3. The predicted octanol–water partition coefficient (Wildman–Crippen LogP) is 2.88. The third-order valence-corrected chi connectivity index (χ3v) is 3.45.